The molecule has 9 heteroatoms. The lowest BCUT2D eigenvalue weighted by molar-refractivity contribution is 0.0696. The standard InChI is InChI=1S/C12H16BrNO6S/c13-10-3-2-9(12(16)17)8-11(10)21(18,19)14-4-1-6-20-7-5-15/h2-3,8,14-15H,1,4-7H2,(H,16,17). The van der Waals surface area contributed by atoms with Crippen molar-refractivity contribution in [1.82, 2.24) is 4.72 Å². The molecule has 0 atom stereocenters. The number of carboxylic acid groups (broad SMARTS) is 1. The second-order valence-corrected chi connectivity index (χ2v) is 6.63. The molecule has 7 nitrogen and oxygen atoms in total. The molecule has 0 spiro atoms. The predicted molar refractivity (Wildman–Crippen MR) is 78.8 cm³/mol. The van der Waals surface area contributed by atoms with Gasteiger partial charge in [-0.2, -0.15) is 0 Å². The zero-order valence-electron chi connectivity index (χ0n) is 11.1. The average Bonchev–Trinajstić information content (AvgIpc) is 2.42. The van der Waals surface area contributed by atoms with Crippen molar-refractivity contribution in [2.24, 2.45) is 0 Å². The fourth-order valence-electron chi connectivity index (χ4n) is 1.47. The molecular formula is C12H16BrNO6S. The van der Waals surface area contributed by atoms with E-state index in [1.165, 1.54) is 12.1 Å². The van der Waals surface area contributed by atoms with Crippen molar-refractivity contribution >= 4 is 31.9 Å². The summed E-state index contributed by atoms with van der Waals surface area (Å²) in [6, 6.07) is 3.79. The van der Waals surface area contributed by atoms with Gasteiger partial charge in [0.2, 0.25) is 10.0 Å². The summed E-state index contributed by atoms with van der Waals surface area (Å²) in [5, 5.41) is 17.4. The summed E-state index contributed by atoms with van der Waals surface area (Å²) in [4.78, 5) is 10.8. The number of hydrogen-bond acceptors (Lipinski definition) is 5. The smallest absolute Gasteiger partial charge is 0.335 e. The topological polar surface area (TPSA) is 113 Å². The zero-order valence-corrected chi connectivity index (χ0v) is 13.5. The Morgan fingerprint density at radius 2 is 2.05 bits per heavy atom. The van der Waals surface area contributed by atoms with Crippen LogP contribution in [0.4, 0.5) is 0 Å². The van der Waals surface area contributed by atoms with Gasteiger partial charge in [0.15, 0.2) is 0 Å². The van der Waals surface area contributed by atoms with Crippen LogP contribution in [-0.4, -0.2) is 51.0 Å². The second kappa shape index (κ2) is 8.44. The third kappa shape index (κ3) is 5.71. The molecule has 0 saturated carbocycles. The first-order chi connectivity index (χ1) is 9.88. The van der Waals surface area contributed by atoms with Crippen molar-refractivity contribution in [1.29, 1.82) is 0 Å². The van der Waals surface area contributed by atoms with Crippen molar-refractivity contribution in [3.05, 3.63) is 28.2 Å². The first kappa shape index (κ1) is 18.1. The third-order valence-electron chi connectivity index (χ3n) is 2.46. The maximum absolute atomic E-state index is 12.1. The van der Waals surface area contributed by atoms with Gasteiger partial charge in [0.1, 0.15) is 0 Å². The fraction of sp³-hybridized carbons (Fsp3) is 0.417. The van der Waals surface area contributed by atoms with E-state index in [2.05, 4.69) is 20.7 Å². The Morgan fingerprint density at radius 3 is 2.67 bits per heavy atom. The number of aromatic carboxylic acids is 1. The second-order valence-electron chi connectivity index (χ2n) is 4.04. The van der Waals surface area contributed by atoms with E-state index in [9.17, 15) is 13.2 Å². The fourth-order valence-corrected chi connectivity index (χ4v) is 3.53. The van der Waals surface area contributed by atoms with Gasteiger partial charge in [-0.25, -0.2) is 17.9 Å². The maximum Gasteiger partial charge on any atom is 0.335 e. The van der Waals surface area contributed by atoms with E-state index in [0.29, 0.717) is 13.0 Å². The minimum absolute atomic E-state index is 0.0827. The number of halogens is 1. The summed E-state index contributed by atoms with van der Waals surface area (Å²) in [7, 11) is -3.80. The van der Waals surface area contributed by atoms with Crippen LogP contribution in [0.25, 0.3) is 0 Å². The van der Waals surface area contributed by atoms with Crippen molar-refractivity contribution < 1.29 is 28.2 Å². The highest BCUT2D eigenvalue weighted by molar-refractivity contribution is 9.10. The first-order valence-corrected chi connectivity index (χ1v) is 8.37. The molecule has 0 bridgehead atoms. The van der Waals surface area contributed by atoms with Gasteiger partial charge in [0.05, 0.1) is 23.7 Å². The van der Waals surface area contributed by atoms with Crippen LogP contribution in [0.15, 0.2) is 27.6 Å². The van der Waals surface area contributed by atoms with Gasteiger partial charge in [-0.1, -0.05) is 0 Å². The number of nitrogens with one attached hydrogen (secondary N) is 1. The minimum Gasteiger partial charge on any atom is -0.478 e. The molecule has 0 aliphatic rings. The number of benzene rings is 1. The molecule has 0 aromatic heterocycles. The van der Waals surface area contributed by atoms with E-state index in [0.717, 1.165) is 6.07 Å². The van der Waals surface area contributed by atoms with Crippen LogP contribution in [0.3, 0.4) is 0 Å². The van der Waals surface area contributed by atoms with Gasteiger partial charge in [-0.15, -0.1) is 0 Å². The molecule has 1 rings (SSSR count). The van der Waals surface area contributed by atoms with E-state index in [4.69, 9.17) is 14.9 Å². The van der Waals surface area contributed by atoms with Gasteiger partial charge in [-0.05, 0) is 40.5 Å². The lowest BCUT2D eigenvalue weighted by atomic mass is 10.2. The number of hydrogen-bond donors (Lipinski definition) is 3. The molecule has 21 heavy (non-hydrogen) atoms. The third-order valence-corrected chi connectivity index (χ3v) is 4.92. The van der Waals surface area contributed by atoms with Crippen LogP contribution < -0.4 is 4.72 Å². The Hall–Kier alpha value is -1.00. The number of aliphatic hydroxyl groups is 1. The van der Waals surface area contributed by atoms with E-state index in [1.807, 2.05) is 0 Å². The van der Waals surface area contributed by atoms with Crippen molar-refractivity contribution in [3.63, 3.8) is 0 Å². The van der Waals surface area contributed by atoms with E-state index >= 15 is 0 Å². The molecule has 3 N–H and O–H groups in total. The summed E-state index contributed by atoms with van der Waals surface area (Å²) >= 11 is 3.09. The van der Waals surface area contributed by atoms with Crippen LogP contribution in [0.2, 0.25) is 0 Å². The molecular weight excluding hydrogens is 366 g/mol. The van der Waals surface area contributed by atoms with Gasteiger partial charge >= 0.3 is 5.97 Å². The summed E-state index contributed by atoms with van der Waals surface area (Å²) < 4.78 is 31.9. The summed E-state index contributed by atoms with van der Waals surface area (Å²) in [5.74, 6) is -1.20. The van der Waals surface area contributed by atoms with Gasteiger partial charge in [-0.3, -0.25) is 0 Å². The summed E-state index contributed by atoms with van der Waals surface area (Å²) in [6.45, 7) is 0.594. The van der Waals surface area contributed by atoms with Crippen LogP contribution in [0.1, 0.15) is 16.8 Å². The number of sulfonamides is 1. The number of aliphatic hydroxyl groups excluding tert-OH is 1. The zero-order chi connectivity index (χ0) is 15.9. The lowest BCUT2D eigenvalue weighted by Gasteiger charge is -2.09. The van der Waals surface area contributed by atoms with Crippen LogP contribution >= 0.6 is 15.9 Å². The maximum atomic E-state index is 12.1. The molecule has 0 saturated heterocycles. The molecule has 118 valence electrons. The molecule has 0 heterocycles. The highest BCUT2D eigenvalue weighted by Crippen LogP contribution is 2.23. The Labute approximate surface area is 131 Å². The predicted octanol–water partition coefficient (Wildman–Crippen LogP) is 0.825. The summed E-state index contributed by atoms with van der Waals surface area (Å²) in [6.07, 6.45) is 0.440. The summed E-state index contributed by atoms with van der Waals surface area (Å²) in [5.41, 5.74) is -0.107. The van der Waals surface area contributed by atoms with Crippen molar-refractivity contribution in [2.75, 3.05) is 26.4 Å². The molecule has 0 amide bonds. The van der Waals surface area contributed by atoms with Gasteiger partial charge in [0, 0.05) is 17.6 Å². The van der Waals surface area contributed by atoms with E-state index in [1.54, 1.807) is 0 Å². The number of rotatable bonds is 9. The average molecular weight is 382 g/mol. The number of carbonyl (C=O) groups is 1. The highest BCUT2D eigenvalue weighted by atomic mass is 79.9. The molecule has 1 aromatic carbocycles. The Kier molecular flexibility index (Phi) is 7.26. The van der Waals surface area contributed by atoms with E-state index < -0.39 is 16.0 Å². The first-order valence-electron chi connectivity index (χ1n) is 6.09. The Morgan fingerprint density at radius 1 is 1.33 bits per heavy atom. The van der Waals surface area contributed by atoms with Crippen LogP contribution in [0, 0.1) is 0 Å². The lowest BCUT2D eigenvalue weighted by Crippen LogP contribution is -2.26. The minimum atomic E-state index is -3.80. The molecule has 0 aliphatic heterocycles. The molecule has 0 radical (unpaired) electrons. The Bertz CT molecular complexity index is 589. The van der Waals surface area contributed by atoms with Crippen molar-refractivity contribution in [3.8, 4) is 0 Å². The molecule has 0 fully saturated rings. The van der Waals surface area contributed by atoms with Crippen LogP contribution in [-0.2, 0) is 14.8 Å². The Balaban J connectivity index is 2.70. The van der Waals surface area contributed by atoms with Gasteiger partial charge in [0.25, 0.3) is 0 Å². The number of carboxylic acids is 1. The molecule has 0 unspecified atom stereocenters. The number of ether oxygens (including phenoxy) is 1. The van der Waals surface area contributed by atoms with E-state index in [-0.39, 0.29) is 34.7 Å². The van der Waals surface area contributed by atoms with Gasteiger partial charge < -0.3 is 14.9 Å². The largest absolute Gasteiger partial charge is 0.478 e. The highest BCUT2D eigenvalue weighted by Gasteiger charge is 2.19. The monoisotopic (exact) mass is 381 g/mol. The normalized spacial score (nSPS) is 11.5. The molecule has 1 aromatic rings. The molecule has 0 aliphatic carbocycles. The van der Waals surface area contributed by atoms with Crippen LogP contribution in [0.5, 0.6) is 0 Å². The quantitative estimate of drug-likeness (QED) is 0.546. The SMILES string of the molecule is O=C(O)c1ccc(Br)c(S(=O)(=O)NCCCOCCO)c1. The van der Waals surface area contributed by atoms with Crippen molar-refractivity contribution in [2.45, 2.75) is 11.3 Å².